The summed E-state index contributed by atoms with van der Waals surface area (Å²) < 4.78 is 2.28. The SMILES string of the molecule is CC.Cc1cn(C(C)C)c2ccc(Cl)cc12. The van der Waals surface area contributed by atoms with Crippen LogP contribution >= 0.6 is 11.6 Å². The van der Waals surface area contributed by atoms with E-state index in [0.717, 1.165) is 5.02 Å². The molecule has 0 radical (unpaired) electrons. The molecule has 0 unspecified atom stereocenters. The predicted molar refractivity (Wildman–Crippen MR) is 73.4 cm³/mol. The highest BCUT2D eigenvalue weighted by atomic mass is 35.5. The average molecular weight is 238 g/mol. The molecule has 0 fully saturated rings. The Hall–Kier alpha value is -0.950. The zero-order valence-electron chi connectivity index (χ0n) is 10.7. The smallest absolute Gasteiger partial charge is 0.0486 e. The van der Waals surface area contributed by atoms with Crippen molar-refractivity contribution in [2.75, 3.05) is 0 Å². The summed E-state index contributed by atoms with van der Waals surface area (Å²) >= 11 is 5.97. The Morgan fingerprint density at radius 1 is 1.19 bits per heavy atom. The highest BCUT2D eigenvalue weighted by Crippen LogP contribution is 2.26. The summed E-state index contributed by atoms with van der Waals surface area (Å²) in [4.78, 5) is 0. The summed E-state index contributed by atoms with van der Waals surface area (Å²) in [5.41, 5.74) is 2.55. The lowest BCUT2D eigenvalue weighted by Gasteiger charge is -2.08. The molecule has 0 saturated carbocycles. The third-order valence-electron chi connectivity index (χ3n) is 2.55. The van der Waals surface area contributed by atoms with Crippen LogP contribution in [0, 0.1) is 6.92 Å². The topological polar surface area (TPSA) is 4.93 Å². The van der Waals surface area contributed by atoms with Crippen molar-refractivity contribution in [3.8, 4) is 0 Å². The number of aryl methyl sites for hydroxylation is 1. The minimum absolute atomic E-state index is 0.493. The number of nitrogens with zero attached hydrogens (tertiary/aromatic N) is 1. The largest absolute Gasteiger partial charge is 0.345 e. The van der Waals surface area contributed by atoms with E-state index in [-0.39, 0.29) is 0 Å². The minimum Gasteiger partial charge on any atom is -0.345 e. The molecule has 16 heavy (non-hydrogen) atoms. The first-order valence-corrected chi connectivity index (χ1v) is 6.24. The lowest BCUT2D eigenvalue weighted by Crippen LogP contribution is -1.97. The van der Waals surface area contributed by atoms with Crippen molar-refractivity contribution in [1.82, 2.24) is 4.57 Å². The molecule has 2 heteroatoms. The molecule has 0 amide bonds. The first-order chi connectivity index (χ1) is 7.59. The van der Waals surface area contributed by atoms with E-state index in [1.54, 1.807) is 0 Å². The number of aromatic nitrogens is 1. The van der Waals surface area contributed by atoms with Crippen molar-refractivity contribution in [1.29, 1.82) is 0 Å². The van der Waals surface area contributed by atoms with Gasteiger partial charge in [0.1, 0.15) is 0 Å². The summed E-state index contributed by atoms with van der Waals surface area (Å²) in [5, 5.41) is 2.06. The number of hydrogen-bond acceptors (Lipinski definition) is 0. The van der Waals surface area contributed by atoms with Crippen molar-refractivity contribution in [2.45, 2.75) is 40.7 Å². The van der Waals surface area contributed by atoms with Gasteiger partial charge in [-0.2, -0.15) is 0 Å². The molecule has 0 aliphatic heterocycles. The third kappa shape index (κ3) is 2.41. The molecule has 1 aromatic carbocycles. The van der Waals surface area contributed by atoms with Crippen LogP contribution < -0.4 is 0 Å². The number of benzene rings is 1. The number of fused-ring (bicyclic) bond motifs is 1. The van der Waals surface area contributed by atoms with Crippen LogP contribution in [0.25, 0.3) is 10.9 Å². The molecule has 0 bridgehead atoms. The van der Waals surface area contributed by atoms with Crippen LogP contribution in [0.1, 0.15) is 39.3 Å². The quantitative estimate of drug-likeness (QED) is 0.642. The Morgan fingerprint density at radius 3 is 2.38 bits per heavy atom. The zero-order valence-corrected chi connectivity index (χ0v) is 11.5. The van der Waals surface area contributed by atoms with E-state index in [4.69, 9.17) is 11.6 Å². The molecule has 88 valence electrons. The highest BCUT2D eigenvalue weighted by Gasteiger charge is 2.07. The maximum absolute atomic E-state index is 5.97. The van der Waals surface area contributed by atoms with Crippen LogP contribution in [0.2, 0.25) is 5.02 Å². The van der Waals surface area contributed by atoms with Crippen LogP contribution in [0.3, 0.4) is 0 Å². The second-order valence-electron chi connectivity index (χ2n) is 3.97. The average Bonchev–Trinajstić information content (AvgIpc) is 2.59. The number of rotatable bonds is 1. The first kappa shape index (κ1) is 13.1. The third-order valence-corrected chi connectivity index (χ3v) is 2.79. The Morgan fingerprint density at radius 2 is 1.81 bits per heavy atom. The number of hydrogen-bond donors (Lipinski definition) is 0. The lowest BCUT2D eigenvalue weighted by atomic mass is 10.2. The fourth-order valence-electron chi connectivity index (χ4n) is 1.82. The van der Waals surface area contributed by atoms with Gasteiger partial charge in [-0.3, -0.25) is 0 Å². The molecule has 2 aromatic rings. The Balaban J connectivity index is 0.000000606. The molecule has 0 N–H and O–H groups in total. The molecular weight excluding hydrogens is 218 g/mol. The Bertz CT molecular complexity index is 469. The standard InChI is InChI=1S/C12H14ClN.C2H6/c1-8(2)14-7-9(3)11-6-10(13)4-5-12(11)14;1-2/h4-8H,1-3H3;1-2H3. The lowest BCUT2D eigenvalue weighted by molar-refractivity contribution is 0.622. The maximum atomic E-state index is 5.97. The van der Waals surface area contributed by atoms with E-state index in [0.29, 0.717) is 6.04 Å². The van der Waals surface area contributed by atoms with Gasteiger partial charge in [0.15, 0.2) is 0 Å². The maximum Gasteiger partial charge on any atom is 0.0486 e. The monoisotopic (exact) mass is 237 g/mol. The van der Waals surface area contributed by atoms with E-state index < -0.39 is 0 Å². The van der Waals surface area contributed by atoms with Gasteiger partial charge in [-0.25, -0.2) is 0 Å². The van der Waals surface area contributed by atoms with Gasteiger partial charge in [0.05, 0.1) is 0 Å². The second kappa shape index (κ2) is 5.40. The van der Waals surface area contributed by atoms with Gasteiger partial charge in [0.2, 0.25) is 0 Å². The zero-order chi connectivity index (χ0) is 12.3. The van der Waals surface area contributed by atoms with Gasteiger partial charge in [-0.05, 0) is 44.5 Å². The van der Waals surface area contributed by atoms with Crippen molar-refractivity contribution in [3.05, 3.63) is 35.0 Å². The van der Waals surface area contributed by atoms with Crippen molar-refractivity contribution < 1.29 is 0 Å². The van der Waals surface area contributed by atoms with Crippen LogP contribution in [0.5, 0.6) is 0 Å². The Labute approximate surface area is 103 Å². The molecule has 1 heterocycles. The van der Waals surface area contributed by atoms with Crippen molar-refractivity contribution >= 4 is 22.5 Å². The van der Waals surface area contributed by atoms with E-state index in [2.05, 4.69) is 37.6 Å². The number of halogens is 1. The molecule has 1 aromatic heterocycles. The van der Waals surface area contributed by atoms with Crippen LogP contribution in [-0.4, -0.2) is 4.57 Å². The second-order valence-corrected chi connectivity index (χ2v) is 4.41. The fraction of sp³-hybridized carbons (Fsp3) is 0.429. The molecular formula is C14H20ClN. The van der Waals surface area contributed by atoms with Gasteiger partial charge in [0.25, 0.3) is 0 Å². The van der Waals surface area contributed by atoms with Gasteiger partial charge in [-0.1, -0.05) is 25.4 Å². The molecule has 0 aliphatic carbocycles. The van der Waals surface area contributed by atoms with Gasteiger partial charge >= 0.3 is 0 Å². The highest BCUT2D eigenvalue weighted by molar-refractivity contribution is 6.31. The Kier molecular flexibility index (Phi) is 4.43. The summed E-state index contributed by atoms with van der Waals surface area (Å²) in [5.74, 6) is 0. The van der Waals surface area contributed by atoms with E-state index in [1.807, 2.05) is 26.0 Å². The van der Waals surface area contributed by atoms with E-state index >= 15 is 0 Å². The van der Waals surface area contributed by atoms with Gasteiger partial charge in [-0.15, -0.1) is 0 Å². The summed E-state index contributed by atoms with van der Waals surface area (Å²) in [6, 6.07) is 6.56. The predicted octanol–water partition coefficient (Wildman–Crippen LogP) is 5.21. The molecule has 0 saturated heterocycles. The van der Waals surface area contributed by atoms with Crippen molar-refractivity contribution in [2.24, 2.45) is 0 Å². The van der Waals surface area contributed by atoms with Crippen molar-refractivity contribution in [3.63, 3.8) is 0 Å². The van der Waals surface area contributed by atoms with E-state index in [1.165, 1.54) is 16.5 Å². The van der Waals surface area contributed by atoms with Gasteiger partial charge in [0, 0.05) is 28.2 Å². The minimum atomic E-state index is 0.493. The molecule has 1 nitrogen and oxygen atoms in total. The summed E-state index contributed by atoms with van der Waals surface area (Å²) in [6.07, 6.45) is 2.19. The molecule has 0 spiro atoms. The van der Waals surface area contributed by atoms with Gasteiger partial charge < -0.3 is 4.57 Å². The van der Waals surface area contributed by atoms with Crippen LogP contribution in [-0.2, 0) is 0 Å². The normalized spacial score (nSPS) is 10.4. The van der Waals surface area contributed by atoms with E-state index in [9.17, 15) is 0 Å². The fourth-order valence-corrected chi connectivity index (χ4v) is 2.00. The summed E-state index contributed by atoms with van der Waals surface area (Å²) in [6.45, 7) is 10.5. The molecule has 2 rings (SSSR count). The van der Waals surface area contributed by atoms with Crippen LogP contribution in [0.15, 0.2) is 24.4 Å². The van der Waals surface area contributed by atoms with Crippen LogP contribution in [0.4, 0.5) is 0 Å². The molecule has 0 atom stereocenters. The first-order valence-electron chi connectivity index (χ1n) is 5.86. The molecule has 0 aliphatic rings. The summed E-state index contributed by atoms with van der Waals surface area (Å²) in [7, 11) is 0.